The van der Waals surface area contributed by atoms with E-state index in [1.807, 2.05) is 0 Å². The average Bonchev–Trinajstić information content (AvgIpc) is 2.80. The summed E-state index contributed by atoms with van der Waals surface area (Å²) >= 11 is 5.96. The van der Waals surface area contributed by atoms with Crippen LogP contribution in [0.3, 0.4) is 0 Å². The minimum atomic E-state index is -4.04. The van der Waals surface area contributed by atoms with Crippen molar-refractivity contribution >= 4 is 44.9 Å². The number of amides is 1. The molecule has 0 bridgehead atoms. The van der Waals surface area contributed by atoms with Gasteiger partial charge in [-0.25, -0.2) is 13.2 Å². The van der Waals surface area contributed by atoms with E-state index in [0.717, 1.165) is 4.31 Å². The Balaban J connectivity index is 1.91. The summed E-state index contributed by atoms with van der Waals surface area (Å²) in [6, 6.07) is 18.8. The van der Waals surface area contributed by atoms with Crippen LogP contribution in [0.15, 0.2) is 77.7 Å². The second kappa shape index (κ2) is 10.5. The molecule has 1 amide bonds. The molecule has 33 heavy (non-hydrogen) atoms. The number of nitrogens with one attached hydrogen (secondary N) is 1. The molecule has 0 radical (unpaired) electrons. The third-order valence-electron chi connectivity index (χ3n) is 4.76. The molecule has 3 aromatic rings. The second-order valence-corrected chi connectivity index (χ2v) is 9.40. The highest BCUT2D eigenvalue weighted by atomic mass is 35.5. The smallest absolute Gasteiger partial charge is 0.338 e. The van der Waals surface area contributed by atoms with E-state index in [2.05, 4.69) is 5.32 Å². The van der Waals surface area contributed by atoms with Crippen molar-refractivity contribution < 1.29 is 22.7 Å². The van der Waals surface area contributed by atoms with Crippen LogP contribution in [-0.4, -0.2) is 33.4 Å². The molecule has 0 unspecified atom stereocenters. The Kier molecular flexibility index (Phi) is 7.73. The summed E-state index contributed by atoms with van der Waals surface area (Å²) < 4.78 is 32.7. The number of carbonyl (C=O) groups is 2. The highest BCUT2D eigenvalue weighted by Crippen LogP contribution is 2.25. The van der Waals surface area contributed by atoms with Gasteiger partial charge in [0.05, 0.1) is 22.8 Å². The van der Waals surface area contributed by atoms with Crippen LogP contribution in [0.4, 0.5) is 11.4 Å². The fraction of sp³-hybridized carbons (Fsp3) is 0.167. The number of ether oxygens (including phenoxy) is 1. The Hall–Kier alpha value is -3.36. The number of rotatable bonds is 8. The molecular formula is C24H23ClN2O5S. The molecule has 1 N–H and O–H groups in total. The quantitative estimate of drug-likeness (QED) is 0.467. The molecular weight excluding hydrogens is 464 g/mol. The van der Waals surface area contributed by atoms with E-state index in [0.29, 0.717) is 16.3 Å². The number of carbonyl (C=O) groups excluding carboxylic acids is 2. The van der Waals surface area contributed by atoms with Gasteiger partial charge in [0.2, 0.25) is 5.91 Å². The standard InChI is InChI=1S/C24H23ClN2O5S/c1-3-32-24(29)18-10-9-17(2)22(15-18)26-23(28)16-27(20-13-11-19(25)12-14-20)33(30,31)21-7-5-4-6-8-21/h4-15H,3,16H2,1-2H3,(H,26,28). The second-order valence-electron chi connectivity index (χ2n) is 7.10. The Morgan fingerprint density at radius 3 is 2.30 bits per heavy atom. The number of anilines is 2. The molecule has 0 atom stereocenters. The van der Waals surface area contributed by atoms with Crippen molar-refractivity contribution in [3.8, 4) is 0 Å². The summed E-state index contributed by atoms with van der Waals surface area (Å²) in [5, 5.41) is 3.14. The van der Waals surface area contributed by atoms with Crippen molar-refractivity contribution in [1.82, 2.24) is 0 Å². The van der Waals surface area contributed by atoms with Crippen LogP contribution in [0.1, 0.15) is 22.8 Å². The molecule has 0 aliphatic heterocycles. The van der Waals surface area contributed by atoms with Crippen LogP contribution in [0.5, 0.6) is 0 Å². The van der Waals surface area contributed by atoms with Crippen LogP contribution >= 0.6 is 11.6 Å². The third-order valence-corrected chi connectivity index (χ3v) is 6.80. The van der Waals surface area contributed by atoms with Crippen LogP contribution < -0.4 is 9.62 Å². The first-order valence-corrected chi connectivity index (χ1v) is 11.9. The van der Waals surface area contributed by atoms with Crippen molar-refractivity contribution in [1.29, 1.82) is 0 Å². The van der Waals surface area contributed by atoms with Gasteiger partial charge in [-0.1, -0.05) is 35.9 Å². The first kappa shape index (κ1) is 24.3. The van der Waals surface area contributed by atoms with E-state index in [-0.39, 0.29) is 22.8 Å². The molecule has 0 heterocycles. The van der Waals surface area contributed by atoms with Crippen LogP contribution in [0.2, 0.25) is 5.02 Å². The lowest BCUT2D eigenvalue weighted by molar-refractivity contribution is -0.114. The first-order valence-electron chi connectivity index (χ1n) is 10.1. The molecule has 3 rings (SSSR count). The normalized spacial score (nSPS) is 11.0. The number of aryl methyl sites for hydroxylation is 1. The number of hydrogen-bond donors (Lipinski definition) is 1. The van der Waals surface area contributed by atoms with Crippen LogP contribution in [-0.2, 0) is 19.6 Å². The minimum Gasteiger partial charge on any atom is -0.462 e. The maximum absolute atomic E-state index is 13.3. The molecule has 3 aromatic carbocycles. The highest BCUT2D eigenvalue weighted by Gasteiger charge is 2.27. The van der Waals surface area contributed by atoms with Gasteiger partial charge in [0.25, 0.3) is 10.0 Å². The van der Waals surface area contributed by atoms with Crippen molar-refractivity contribution in [2.75, 3.05) is 22.8 Å². The van der Waals surface area contributed by atoms with Gasteiger partial charge in [-0.05, 0) is 67.9 Å². The molecule has 0 spiro atoms. The van der Waals surface area contributed by atoms with Crippen molar-refractivity contribution in [3.63, 3.8) is 0 Å². The highest BCUT2D eigenvalue weighted by molar-refractivity contribution is 7.92. The monoisotopic (exact) mass is 486 g/mol. The maximum Gasteiger partial charge on any atom is 0.338 e. The Labute approximate surface area is 198 Å². The first-order chi connectivity index (χ1) is 15.7. The zero-order valence-corrected chi connectivity index (χ0v) is 19.7. The van der Waals surface area contributed by atoms with E-state index in [1.54, 1.807) is 56.3 Å². The predicted molar refractivity (Wildman–Crippen MR) is 128 cm³/mol. The lowest BCUT2D eigenvalue weighted by Crippen LogP contribution is -2.38. The molecule has 7 nitrogen and oxygen atoms in total. The summed E-state index contributed by atoms with van der Waals surface area (Å²) in [7, 11) is -4.04. The van der Waals surface area contributed by atoms with Gasteiger partial charge in [0.15, 0.2) is 0 Å². The van der Waals surface area contributed by atoms with Crippen molar-refractivity contribution in [2.24, 2.45) is 0 Å². The third kappa shape index (κ3) is 5.91. The largest absolute Gasteiger partial charge is 0.462 e. The van der Waals surface area contributed by atoms with Crippen LogP contribution in [0, 0.1) is 6.92 Å². The lowest BCUT2D eigenvalue weighted by atomic mass is 10.1. The Morgan fingerprint density at radius 1 is 1.00 bits per heavy atom. The molecule has 0 aromatic heterocycles. The van der Waals surface area contributed by atoms with Crippen molar-refractivity contribution in [2.45, 2.75) is 18.7 Å². The molecule has 0 aliphatic rings. The van der Waals surface area contributed by atoms with Gasteiger partial charge < -0.3 is 10.1 Å². The topological polar surface area (TPSA) is 92.8 Å². The van der Waals surface area contributed by atoms with Gasteiger partial charge in [-0.3, -0.25) is 9.10 Å². The zero-order chi connectivity index (χ0) is 24.0. The fourth-order valence-corrected chi connectivity index (χ4v) is 4.63. The van der Waals surface area contributed by atoms with E-state index >= 15 is 0 Å². The average molecular weight is 487 g/mol. The van der Waals surface area contributed by atoms with Crippen LogP contribution in [0.25, 0.3) is 0 Å². The summed E-state index contributed by atoms with van der Waals surface area (Å²) in [4.78, 5) is 25.0. The number of esters is 1. The van der Waals surface area contributed by atoms with E-state index in [1.165, 1.54) is 30.3 Å². The van der Waals surface area contributed by atoms with Gasteiger partial charge in [0, 0.05) is 10.7 Å². The number of benzene rings is 3. The molecule has 0 saturated carbocycles. The van der Waals surface area contributed by atoms with Gasteiger partial charge >= 0.3 is 5.97 Å². The lowest BCUT2D eigenvalue weighted by Gasteiger charge is -2.24. The van der Waals surface area contributed by atoms with Gasteiger partial charge in [0.1, 0.15) is 6.54 Å². The SMILES string of the molecule is CCOC(=O)c1ccc(C)c(NC(=O)CN(c2ccc(Cl)cc2)S(=O)(=O)c2ccccc2)c1. The van der Waals surface area contributed by atoms with E-state index in [4.69, 9.17) is 16.3 Å². The van der Waals surface area contributed by atoms with Crippen molar-refractivity contribution in [3.05, 3.63) is 88.9 Å². The summed E-state index contributed by atoms with van der Waals surface area (Å²) in [5.41, 5.74) is 1.67. The molecule has 9 heteroatoms. The molecule has 0 aliphatic carbocycles. The fourth-order valence-electron chi connectivity index (χ4n) is 3.06. The number of sulfonamides is 1. The minimum absolute atomic E-state index is 0.0493. The van der Waals surface area contributed by atoms with Gasteiger partial charge in [-0.2, -0.15) is 0 Å². The maximum atomic E-state index is 13.3. The zero-order valence-electron chi connectivity index (χ0n) is 18.1. The Bertz CT molecular complexity index is 1250. The molecule has 0 saturated heterocycles. The van der Waals surface area contributed by atoms with E-state index in [9.17, 15) is 18.0 Å². The summed E-state index contributed by atoms with van der Waals surface area (Å²) in [5.74, 6) is -1.09. The molecule has 172 valence electrons. The number of hydrogen-bond acceptors (Lipinski definition) is 5. The number of nitrogens with zero attached hydrogens (tertiary/aromatic N) is 1. The summed E-state index contributed by atoms with van der Waals surface area (Å²) in [6.45, 7) is 3.21. The molecule has 0 fully saturated rings. The summed E-state index contributed by atoms with van der Waals surface area (Å²) in [6.07, 6.45) is 0. The predicted octanol–water partition coefficient (Wildman–Crippen LogP) is 4.66. The Morgan fingerprint density at radius 2 is 1.67 bits per heavy atom. The van der Waals surface area contributed by atoms with E-state index < -0.39 is 28.4 Å². The van der Waals surface area contributed by atoms with Gasteiger partial charge in [-0.15, -0.1) is 0 Å². The number of halogens is 1.